The van der Waals surface area contributed by atoms with Gasteiger partial charge in [0.15, 0.2) is 5.76 Å². The molecule has 49 heavy (non-hydrogen) atoms. The topological polar surface area (TPSA) is 29.3 Å². The third-order valence-corrected chi connectivity index (χ3v) is 10.4. The van der Waals surface area contributed by atoms with Crippen molar-refractivity contribution in [1.29, 1.82) is 0 Å². The van der Waals surface area contributed by atoms with Crippen molar-refractivity contribution in [3.05, 3.63) is 169 Å². The van der Waals surface area contributed by atoms with Crippen molar-refractivity contribution >= 4 is 27.8 Å². The summed E-state index contributed by atoms with van der Waals surface area (Å²) in [5.41, 5.74) is 14.9. The van der Waals surface area contributed by atoms with Gasteiger partial charge in [0.25, 0.3) is 0 Å². The van der Waals surface area contributed by atoms with Crippen LogP contribution in [0.3, 0.4) is 0 Å². The summed E-state index contributed by atoms with van der Waals surface area (Å²) < 4.78 is 6.51. The summed E-state index contributed by atoms with van der Waals surface area (Å²) in [4.78, 5) is 7.55. The van der Waals surface area contributed by atoms with E-state index in [1.807, 2.05) is 18.2 Å². The van der Waals surface area contributed by atoms with Gasteiger partial charge in [0.1, 0.15) is 5.69 Å². The molecule has 0 amide bonds. The number of oxazole rings is 1. The smallest absolute Gasteiger partial charge is 0.227 e. The van der Waals surface area contributed by atoms with Gasteiger partial charge in [0.05, 0.1) is 5.69 Å². The predicted molar refractivity (Wildman–Crippen MR) is 202 cm³/mol. The number of rotatable bonds is 5. The number of nitrogens with zero attached hydrogens (tertiary/aromatic N) is 2. The summed E-state index contributed by atoms with van der Waals surface area (Å²) in [5, 5.41) is 2.35. The van der Waals surface area contributed by atoms with Gasteiger partial charge in [-0.25, -0.2) is 4.98 Å². The Morgan fingerprint density at radius 2 is 1.18 bits per heavy atom. The third-order valence-electron chi connectivity index (χ3n) is 10.4. The Kier molecular flexibility index (Phi) is 5.92. The molecule has 2 aliphatic carbocycles. The molecule has 0 radical (unpaired) electrons. The SMILES string of the molecule is CC1(C)c2ccccc2-c2ccc(N(c3cc4c5c(cccc5c3)-c3oc(-c5ccccc5)nc3-4)c3ccccc3-c3ccccc3)cc21. The summed E-state index contributed by atoms with van der Waals surface area (Å²) >= 11 is 0. The largest absolute Gasteiger partial charge is 0.435 e. The number of fused-ring (bicyclic) bond motifs is 6. The maximum Gasteiger partial charge on any atom is 0.227 e. The highest BCUT2D eigenvalue weighted by molar-refractivity contribution is 6.15. The maximum absolute atomic E-state index is 6.51. The molecule has 10 rings (SSSR count). The van der Waals surface area contributed by atoms with E-state index in [1.54, 1.807) is 0 Å². The molecule has 0 atom stereocenters. The Morgan fingerprint density at radius 3 is 2.00 bits per heavy atom. The Labute approximate surface area is 285 Å². The lowest BCUT2D eigenvalue weighted by Gasteiger charge is -2.30. The van der Waals surface area contributed by atoms with Crippen molar-refractivity contribution in [2.75, 3.05) is 4.90 Å². The lowest BCUT2D eigenvalue weighted by molar-refractivity contribution is 0.590. The lowest BCUT2D eigenvalue weighted by Crippen LogP contribution is -2.17. The van der Waals surface area contributed by atoms with E-state index in [2.05, 4.69) is 158 Å². The van der Waals surface area contributed by atoms with Crippen molar-refractivity contribution in [1.82, 2.24) is 4.98 Å². The minimum atomic E-state index is -0.123. The summed E-state index contributed by atoms with van der Waals surface area (Å²) in [6, 6.07) is 56.6. The van der Waals surface area contributed by atoms with Gasteiger partial charge in [-0.05, 0) is 75.7 Å². The van der Waals surface area contributed by atoms with Gasteiger partial charge < -0.3 is 9.32 Å². The quantitative estimate of drug-likeness (QED) is 0.190. The number of para-hydroxylation sites is 1. The average molecular weight is 629 g/mol. The van der Waals surface area contributed by atoms with E-state index >= 15 is 0 Å². The molecular weight excluding hydrogens is 597 g/mol. The van der Waals surface area contributed by atoms with Crippen LogP contribution in [0.5, 0.6) is 0 Å². The van der Waals surface area contributed by atoms with Gasteiger partial charge in [-0.1, -0.05) is 129 Å². The zero-order valence-electron chi connectivity index (χ0n) is 27.3. The second-order valence-corrected chi connectivity index (χ2v) is 13.6. The monoisotopic (exact) mass is 628 g/mol. The molecule has 7 aromatic carbocycles. The molecule has 0 aliphatic heterocycles. The Hall–Kier alpha value is -6.19. The first-order valence-corrected chi connectivity index (χ1v) is 16.9. The van der Waals surface area contributed by atoms with E-state index in [-0.39, 0.29) is 5.41 Å². The zero-order chi connectivity index (χ0) is 32.7. The van der Waals surface area contributed by atoms with Gasteiger partial charge in [0, 0.05) is 44.4 Å². The summed E-state index contributed by atoms with van der Waals surface area (Å²) in [6.45, 7) is 4.69. The second-order valence-electron chi connectivity index (χ2n) is 13.6. The van der Waals surface area contributed by atoms with E-state index in [0.29, 0.717) is 5.89 Å². The van der Waals surface area contributed by atoms with Gasteiger partial charge in [-0.15, -0.1) is 0 Å². The molecule has 3 nitrogen and oxygen atoms in total. The van der Waals surface area contributed by atoms with Crippen LogP contribution in [-0.2, 0) is 5.41 Å². The van der Waals surface area contributed by atoms with Crippen LogP contribution in [0.2, 0.25) is 0 Å². The Morgan fingerprint density at radius 1 is 0.510 bits per heavy atom. The zero-order valence-corrected chi connectivity index (χ0v) is 27.3. The van der Waals surface area contributed by atoms with Crippen LogP contribution in [0, 0.1) is 0 Å². The fourth-order valence-electron chi connectivity index (χ4n) is 8.10. The van der Waals surface area contributed by atoms with Gasteiger partial charge >= 0.3 is 0 Å². The molecule has 0 saturated heterocycles. The fraction of sp³-hybridized carbons (Fsp3) is 0.0652. The van der Waals surface area contributed by atoms with Crippen LogP contribution in [0.4, 0.5) is 17.1 Å². The molecule has 0 bridgehead atoms. The van der Waals surface area contributed by atoms with Crippen molar-refractivity contribution in [3.8, 4) is 56.3 Å². The number of hydrogen-bond acceptors (Lipinski definition) is 3. The summed E-state index contributed by atoms with van der Waals surface area (Å²) in [7, 11) is 0. The van der Waals surface area contributed by atoms with E-state index < -0.39 is 0 Å². The minimum absolute atomic E-state index is 0.123. The van der Waals surface area contributed by atoms with Crippen molar-refractivity contribution < 1.29 is 4.42 Å². The molecule has 0 unspecified atom stereocenters. The number of hydrogen-bond donors (Lipinski definition) is 0. The average Bonchev–Trinajstić information content (AvgIpc) is 3.79. The van der Waals surface area contributed by atoms with Crippen LogP contribution in [0.1, 0.15) is 25.0 Å². The number of benzene rings is 7. The number of anilines is 3. The molecule has 0 fully saturated rings. The van der Waals surface area contributed by atoms with Gasteiger partial charge in [-0.2, -0.15) is 0 Å². The first kappa shape index (κ1) is 27.9. The van der Waals surface area contributed by atoms with Crippen LogP contribution in [0.25, 0.3) is 67.1 Å². The summed E-state index contributed by atoms with van der Waals surface area (Å²) in [6.07, 6.45) is 0. The molecule has 2 aliphatic rings. The third kappa shape index (κ3) is 4.12. The highest BCUT2D eigenvalue weighted by Crippen LogP contribution is 2.54. The molecule has 3 heteroatoms. The Bertz CT molecular complexity index is 2580. The highest BCUT2D eigenvalue weighted by atomic mass is 16.4. The second kappa shape index (κ2) is 10.4. The van der Waals surface area contributed by atoms with Crippen LogP contribution in [-0.4, -0.2) is 4.98 Å². The van der Waals surface area contributed by atoms with Crippen molar-refractivity contribution in [3.63, 3.8) is 0 Å². The Balaban J connectivity index is 1.22. The highest BCUT2D eigenvalue weighted by Gasteiger charge is 2.36. The first-order valence-electron chi connectivity index (χ1n) is 16.9. The summed E-state index contributed by atoms with van der Waals surface area (Å²) in [5.74, 6) is 1.48. The van der Waals surface area contributed by atoms with E-state index in [4.69, 9.17) is 9.40 Å². The van der Waals surface area contributed by atoms with E-state index in [9.17, 15) is 0 Å². The molecule has 1 aromatic heterocycles. The first-order chi connectivity index (χ1) is 24.1. The normalized spacial score (nSPS) is 13.3. The minimum Gasteiger partial charge on any atom is -0.435 e. The standard InChI is InChI=1S/C46H32N2O/c1-46(2)39-22-11-9-20-35(39)36-25-24-32(28-40(36)46)48(41-23-12-10-19-34(41)29-14-5-3-6-15-29)33-26-31-18-13-21-37-42(31)38(27-33)43-44(37)49-45(47-43)30-16-7-4-8-17-30/h3-28H,1-2H3. The maximum atomic E-state index is 6.51. The predicted octanol–water partition coefficient (Wildman–Crippen LogP) is 12.6. The van der Waals surface area contributed by atoms with Crippen LogP contribution >= 0.6 is 0 Å². The molecule has 0 N–H and O–H groups in total. The molecule has 0 saturated carbocycles. The van der Waals surface area contributed by atoms with Crippen molar-refractivity contribution in [2.24, 2.45) is 0 Å². The van der Waals surface area contributed by atoms with Crippen LogP contribution < -0.4 is 4.90 Å². The molecule has 0 spiro atoms. The fourth-order valence-corrected chi connectivity index (χ4v) is 8.10. The van der Waals surface area contributed by atoms with Crippen molar-refractivity contribution in [2.45, 2.75) is 19.3 Å². The molecule has 8 aromatic rings. The van der Waals surface area contributed by atoms with E-state index in [1.165, 1.54) is 38.8 Å². The molecule has 1 heterocycles. The lowest BCUT2D eigenvalue weighted by atomic mass is 9.82. The molecule has 232 valence electrons. The number of aromatic nitrogens is 1. The van der Waals surface area contributed by atoms with Gasteiger partial charge in [-0.3, -0.25) is 0 Å². The van der Waals surface area contributed by atoms with Crippen LogP contribution in [0.15, 0.2) is 162 Å². The van der Waals surface area contributed by atoms with E-state index in [0.717, 1.165) is 50.6 Å². The van der Waals surface area contributed by atoms with Gasteiger partial charge in [0.2, 0.25) is 5.89 Å². The molecular formula is C46H32N2O.